The summed E-state index contributed by atoms with van der Waals surface area (Å²) in [6.45, 7) is 8.98. The molecule has 0 bridgehead atoms. The fourth-order valence-corrected chi connectivity index (χ4v) is 3.75. The van der Waals surface area contributed by atoms with Crippen molar-refractivity contribution in [2.75, 3.05) is 0 Å². The van der Waals surface area contributed by atoms with Crippen LogP contribution < -0.4 is 24.8 Å². The molecule has 2 rings (SSSR count). The first-order valence-electron chi connectivity index (χ1n) is 4.86. The van der Waals surface area contributed by atoms with Crippen LogP contribution in [0.3, 0.4) is 0 Å². The largest absolute Gasteiger partial charge is 3.00 e. The molecule has 4 heteroatoms. The van der Waals surface area contributed by atoms with Crippen LogP contribution in [0.1, 0.15) is 27.7 Å². The third-order valence-electron chi connectivity index (χ3n) is 2.54. The molecule has 2 radical (unpaired) electrons. The monoisotopic (exact) mass is 408 g/mol. The predicted molar refractivity (Wildman–Crippen MR) is 64.5 cm³/mol. The summed E-state index contributed by atoms with van der Waals surface area (Å²) in [4.78, 5) is 0. The van der Waals surface area contributed by atoms with Crippen LogP contribution in [0.5, 0.6) is 0 Å². The Kier molecular flexibility index (Phi) is 16.1. The van der Waals surface area contributed by atoms with E-state index in [9.17, 15) is 0 Å². The van der Waals surface area contributed by atoms with Gasteiger partial charge in [0.05, 0.1) is 0 Å². The molecule has 0 fully saturated rings. The predicted octanol–water partition coefficient (Wildman–Crippen LogP) is -2.30. The zero-order chi connectivity index (χ0) is 10.6. The van der Waals surface area contributed by atoms with Crippen molar-refractivity contribution in [3.05, 3.63) is 50.2 Å². The molecule has 0 spiro atoms. The number of hydrogen-bond acceptors (Lipinski definition) is 0. The van der Waals surface area contributed by atoms with Crippen molar-refractivity contribution in [3.8, 4) is 0 Å². The van der Waals surface area contributed by atoms with E-state index in [1.54, 1.807) is 19.9 Å². The third kappa shape index (κ3) is 7.78. The second-order valence-corrected chi connectivity index (χ2v) is 6.78. The molecule has 1 aromatic carbocycles. The second-order valence-electron chi connectivity index (χ2n) is 3.49. The van der Waals surface area contributed by atoms with Crippen LogP contribution >= 0.6 is 0 Å². The van der Waals surface area contributed by atoms with Gasteiger partial charge in [0.2, 0.25) is 0 Å². The summed E-state index contributed by atoms with van der Waals surface area (Å²) < 4.78 is 3.28. The summed E-state index contributed by atoms with van der Waals surface area (Å²) in [5, 5.41) is 0. The van der Waals surface area contributed by atoms with Gasteiger partial charge in [-0.05, 0) is 0 Å². The Labute approximate surface area is 143 Å². The van der Waals surface area contributed by atoms with Gasteiger partial charge in [-0.25, -0.2) is 12.1 Å². The fourth-order valence-electron chi connectivity index (χ4n) is 1.28. The van der Waals surface area contributed by atoms with E-state index in [-0.39, 0.29) is 51.0 Å². The number of hydrogen-bond donors (Lipinski definition) is 0. The van der Waals surface area contributed by atoms with E-state index in [2.05, 4.69) is 27.7 Å². The zero-order valence-electron chi connectivity index (χ0n) is 10.6. The second kappa shape index (κ2) is 11.9. The quantitative estimate of drug-likeness (QED) is 0.334. The van der Waals surface area contributed by atoms with Crippen LogP contribution in [-0.4, -0.2) is 15.8 Å². The maximum absolute atomic E-state index is 2.26. The van der Waals surface area contributed by atoms with Gasteiger partial charge in [0, 0.05) is 0 Å². The molecule has 0 aliphatic carbocycles. The van der Waals surface area contributed by atoms with Crippen LogP contribution in [0.4, 0.5) is 0 Å². The smallest absolute Gasteiger partial charge is 1.00 e. The Balaban J connectivity index is -0.000000216. The molecule has 92 valence electrons. The molecule has 0 saturated carbocycles. The number of rotatable bonds is 0. The standard InChI is InChI=1S/C8H12As.C5H5.2ClH.Zr/c1-5-6(2)8(4)9-7(5)3;1-2-4-5-3-1;;;/h1-4H3;1-5H;2*1H;/q;-1;;;+3/p-2. The van der Waals surface area contributed by atoms with E-state index in [0.29, 0.717) is 15.8 Å². The van der Waals surface area contributed by atoms with Crippen LogP contribution in [0.15, 0.2) is 50.2 Å². The van der Waals surface area contributed by atoms with Crippen molar-refractivity contribution in [3.63, 3.8) is 0 Å². The molecule has 0 aromatic heterocycles. The van der Waals surface area contributed by atoms with Crippen molar-refractivity contribution in [1.29, 1.82) is 0 Å². The summed E-state index contributed by atoms with van der Waals surface area (Å²) >= 11 is 0.430. The first-order valence-corrected chi connectivity index (χ1v) is 6.74. The van der Waals surface area contributed by atoms with Crippen molar-refractivity contribution >= 4 is 15.8 Å². The molecule has 1 aliphatic heterocycles. The summed E-state index contributed by atoms with van der Waals surface area (Å²) in [6, 6.07) is 10.0. The minimum atomic E-state index is 0. The summed E-state index contributed by atoms with van der Waals surface area (Å²) in [5.74, 6) is 0. The molecule has 0 unspecified atom stereocenters. The minimum Gasteiger partial charge on any atom is -1.00 e. The van der Waals surface area contributed by atoms with Gasteiger partial charge in [-0.3, -0.25) is 0 Å². The molecule has 0 saturated heterocycles. The van der Waals surface area contributed by atoms with Crippen molar-refractivity contribution in [1.82, 2.24) is 0 Å². The van der Waals surface area contributed by atoms with E-state index < -0.39 is 0 Å². The molecular formula is C13H17AsCl2Zr. The molecule has 0 atom stereocenters. The van der Waals surface area contributed by atoms with Gasteiger partial charge >= 0.3 is 89.5 Å². The Morgan fingerprint density at radius 3 is 1.29 bits per heavy atom. The molecule has 0 nitrogen and oxygen atoms in total. The number of allylic oxidation sites excluding steroid dienone is 4. The molecule has 17 heavy (non-hydrogen) atoms. The topological polar surface area (TPSA) is 0 Å². The van der Waals surface area contributed by atoms with Crippen LogP contribution in [0.25, 0.3) is 0 Å². The molecular weight excluding hydrogens is 393 g/mol. The van der Waals surface area contributed by atoms with E-state index in [0.717, 1.165) is 0 Å². The molecule has 1 aromatic rings. The van der Waals surface area contributed by atoms with Crippen LogP contribution in [-0.2, 0) is 26.2 Å². The minimum absolute atomic E-state index is 0. The first-order chi connectivity index (χ1) is 6.63. The number of halogens is 2. The maximum Gasteiger partial charge on any atom is 3.00 e. The van der Waals surface area contributed by atoms with E-state index >= 15 is 0 Å². The third-order valence-corrected chi connectivity index (χ3v) is 5.35. The van der Waals surface area contributed by atoms with E-state index in [4.69, 9.17) is 0 Å². The van der Waals surface area contributed by atoms with Gasteiger partial charge in [-0.1, -0.05) is 0 Å². The van der Waals surface area contributed by atoms with Crippen LogP contribution in [0.2, 0.25) is 0 Å². The Morgan fingerprint density at radius 2 is 1.18 bits per heavy atom. The van der Waals surface area contributed by atoms with Crippen molar-refractivity contribution in [2.24, 2.45) is 0 Å². The summed E-state index contributed by atoms with van der Waals surface area (Å²) in [5.41, 5.74) is 3.10. The Hall–Kier alpha value is 0.852. The Morgan fingerprint density at radius 1 is 0.824 bits per heavy atom. The van der Waals surface area contributed by atoms with Gasteiger partial charge in [-0.2, -0.15) is 18.2 Å². The summed E-state index contributed by atoms with van der Waals surface area (Å²) in [6.07, 6.45) is 0. The van der Waals surface area contributed by atoms with E-state index in [1.165, 1.54) is 0 Å². The molecule has 1 heterocycles. The van der Waals surface area contributed by atoms with E-state index in [1.807, 2.05) is 30.3 Å². The van der Waals surface area contributed by atoms with Crippen molar-refractivity contribution in [2.45, 2.75) is 27.7 Å². The fraction of sp³-hybridized carbons (Fsp3) is 0.308. The van der Waals surface area contributed by atoms with Gasteiger partial charge in [-0.15, -0.1) is 0 Å². The van der Waals surface area contributed by atoms with Gasteiger partial charge in [0.25, 0.3) is 0 Å². The summed E-state index contributed by atoms with van der Waals surface area (Å²) in [7, 11) is 0. The molecule has 1 aliphatic rings. The normalized spacial score (nSPS) is 12.9. The van der Waals surface area contributed by atoms with Gasteiger partial charge in [0.1, 0.15) is 0 Å². The molecule has 0 amide bonds. The SMILES string of the molecule is CC1=C(C)C(C)=C(C)[As]1.[Cl-].[Cl-].[Zr+3].c1cc[cH-]c1. The average Bonchev–Trinajstić information content (AvgIpc) is 2.78. The maximum atomic E-state index is 2.26. The zero-order valence-corrected chi connectivity index (χ0v) is 16.4. The van der Waals surface area contributed by atoms with Gasteiger partial charge < -0.3 is 24.8 Å². The first kappa shape index (κ1) is 23.0. The van der Waals surface area contributed by atoms with Gasteiger partial charge in [0.15, 0.2) is 0 Å². The van der Waals surface area contributed by atoms with Crippen LogP contribution in [0, 0.1) is 0 Å². The average molecular weight is 410 g/mol. The molecule has 0 N–H and O–H groups in total. The Bertz CT molecular complexity index is 314. The van der Waals surface area contributed by atoms with Crippen molar-refractivity contribution < 1.29 is 51.0 Å².